The highest BCUT2D eigenvalue weighted by atomic mass is 32.2. The van der Waals surface area contributed by atoms with Gasteiger partial charge in [-0.2, -0.15) is 5.26 Å². The van der Waals surface area contributed by atoms with Crippen molar-refractivity contribution < 1.29 is 18.8 Å². The zero-order valence-corrected chi connectivity index (χ0v) is 24.8. The Morgan fingerprint density at radius 3 is 2.63 bits per heavy atom. The van der Waals surface area contributed by atoms with E-state index in [2.05, 4.69) is 28.0 Å². The number of fused-ring (bicyclic) bond motifs is 2. The van der Waals surface area contributed by atoms with Crippen LogP contribution in [0, 0.1) is 36.0 Å². The Hall–Kier alpha value is -3.26. The summed E-state index contributed by atoms with van der Waals surface area (Å²) < 4.78 is 18.0. The van der Waals surface area contributed by atoms with E-state index >= 15 is 0 Å². The largest absolute Gasteiger partial charge is 0.488 e. The topological polar surface area (TPSA) is 107 Å². The summed E-state index contributed by atoms with van der Waals surface area (Å²) in [4.78, 5) is 21.3. The fraction of sp³-hybridized carbons (Fsp3) is 0.452. The number of thiazole rings is 1. The minimum atomic E-state index is -0.707. The molecule has 8 nitrogen and oxygen atoms in total. The fourth-order valence-electron chi connectivity index (χ4n) is 6.48. The molecule has 2 aromatic carbocycles. The number of carbonyl (C=O) groups is 1. The first-order chi connectivity index (χ1) is 19.9. The lowest BCUT2D eigenvalue weighted by Gasteiger charge is -2.35. The minimum Gasteiger partial charge on any atom is -0.488 e. The van der Waals surface area contributed by atoms with Crippen LogP contribution < -0.4 is 9.64 Å². The van der Waals surface area contributed by atoms with Crippen molar-refractivity contribution in [3.63, 3.8) is 0 Å². The second-order valence-electron chi connectivity index (χ2n) is 11.4. The van der Waals surface area contributed by atoms with Gasteiger partial charge in [-0.25, -0.2) is 4.98 Å². The van der Waals surface area contributed by atoms with Gasteiger partial charge >= 0.3 is 5.97 Å². The molecular formula is C31H34N4O4S2. The lowest BCUT2D eigenvalue weighted by molar-refractivity contribution is -0.144. The monoisotopic (exact) mass is 590 g/mol. The van der Waals surface area contributed by atoms with Crippen molar-refractivity contribution >= 4 is 33.2 Å². The van der Waals surface area contributed by atoms with Crippen LogP contribution in [0.5, 0.6) is 5.75 Å². The number of aromatic nitrogens is 1. The molecule has 1 aliphatic carbocycles. The maximum Gasteiger partial charge on any atom is 0.307 e. The third-order valence-electron chi connectivity index (χ3n) is 8.65. The van der Waals surface area contributed by atoms with Crippen LogP contribution in [0.3, 0.4) is 0 Å². The maximum absolute atomic E-state index is 11.8. The van der Waals surface area contributed by atoms with E-state index in [4.69, 9.17) is 9.72 Å². The Balaban J connectivity index is 1.16. The first-order valence-electron chi connectivity index (χ1n) is 14.1. The molecule has 0 radical (unpaired) electrons. The molecule has 3 aromatic rings. The Bertz CT molecular complexity index is 1490. The molecule has 0 amide bonds. The summed E-state index contributed by atoms with van der Waals surface area (Å²) in [6.45, 7) is 6.16. The van der Waals surface area contributed by atoms with E-state index in [1.54, 1.807) is 11.3 Å². The van der Waals surface area contributed by atoms with Crippen molar-refractivity contribution in [2.45, 2.75) is 32.9 Å². The van der Waals surface area contributed by atoms with Gasteiger partial charge in [0.2, 0.25) is 0 Å². The number of nitriles is 1. The Kier molecular flexibility index (Phi) is 8.11. The standard InChI is InChI=1S/C31H34N4O4S2/c1-20-2-7-28(39-18-24-4-3-21(13-25(24)14-32)15-34-8-10-41(38)11-9-34)26(12-20)27-19-40-31(33-27)35-16-22-5-6-23(17-35)29(22)30(36)37/h2-4,7,12-13,19,22-23,29H,5-6,8-11,15-18H2,1H3,(H,36,37)/t22-,23+,29?. The molecule has 1 saturated carbocycles. The average Bonchev–Trinajstić information content (AvgIpc) is 3.56. The second kappa shape index (κ2) is 11.9. The van der Waals surface area contributed by atoms with E-state index in [0.717, 1.165) is 78.6 Å². The number of ether oxygens (including phenoxy) is 1. The van der Waals surface area contributed by atoms with Gasteiger partial charge in [-0.3, -0.25) is 13.9 Å². The van der Waals surface area contributed by atoms with Gasteiger partial charge in [0.15, 0.2) is 5.13 Å². The molecule has 3 heterocycles. The molecule has 2 bridgehead atoms. The predicted molar refractivity (Wildman–Crippen MR) is 160 cm³/mol. The highest BCUT2D eigenvalue weighted by molar-refractivity contribution is 7.85. The molecule has 1 unspecified atom stereocenters. The van der Waals surface area contributed by atoms with Crippen molar-refractivity contribution in [3.05, 3.63) is 64.0 Å². The van der Waals surface area contributed by atoms with Crippen LogP contribution >= 0.6 is 11.3 Å². The van der Waals surface area contributed by atoms with Gasteiger partial charge in [0.25, 0.3) is 0 Å². The molecule has 3 fully saturated rings. The van der Waals surface area contributed by atoms with E-state index in [1.807, 2.05) is 36.6 Å². The number of aliphatic carboxylic acids is 1. The number of carboxylic acids is 1. The fourth-order valence-corrected chi connectivity index (χ4v) is 8.46. The normalized spacial score (nSPS) is 22.9. The molecule has 1 N–H and O–H groups in total. The number of piperidine rings is 1. The third-order valence-corrected chi connectivity index (χ3v) is 10.8. The average molecular weight is 591 g/mol. The van der Waals surface area contributed by atoms with Crippen LogP contribution in [0.25, 0.3) is 11.3 Å². The molecular weight excluding hydrogens is 556 g/mol. The van der Waals surface area contributed by atoms with Gasteiger partial charge in [-0.05, 0) is 55.4 Å². The number of anilines is 1. The van der Waals surface area contributed by atoms with E-state index < -0.39 is 16.8 Å². The molecule has 2 aliphatic heterocycles. The summed E-state index contributed by atoms with van der Waals surface area (Å²) in [7, 11) is -0.707. The zero-order valence-electron chi connectivity index (χ0n) is 23.1. The Labute approximate surface area is 247 Å². The molecule has 1 aromatic heterocycles. The molecule has 3 atom stereocenters. The van der Waals surface area contributed by atoms with E-state index in [-0.39, 0.29) is 24.4 Å². The summed E-state index contributed by atoms with van der Waals surface area (Å²) >= 11 is 1.59. The van der Waals surface area contributed by atoms with E-state index in [9.17, 15) is 19.4 Å². The smallest absolute Gasteiger partial charge is 0.307 e. The number of benzene rings is 2. The number of aryl methyl sites for hydroxylation is 1. The van der Waals surface area contributed by atoms with Gasteiger partial charge in [0.1, 0.15) is 12.4 Å². The first-order valence-corrected chi connectivity index (χ1v) is 16.5. The van der Waals surface area contributed by atoms with Crippen LogP contribution in [0.4, 0.5) is 5.13 Å². The van der Waals surface area contributed by atoms with E-state index in [0.29, 0.717) is 22.8 Å². The summed E-state index contributed by atoms with van der Waals surface area (Å²) in [5.41, 5.74) is 5.37. The molecule has 10 heteroatoms. The lowest BCUT2D eigenvalue weighted by Crippen LogP contribution is -2.44. The Morgan fingerprint density at radius 1 is 1.17 bits per heavy atom. The summed E-state index contributed by atoms with van der Waals surface area (Å²) in [6, 6.07) is 14.3. The lowest BCUT2D eigenvalue weighted by atomic mass is 9.85. The SMILES string of the molecule is Cc1ccc(OCc2ccc(CN3CCS(=O)CC3)cc2C#N)c(-c2csc(N3C[C@H]4CC[C@@H](C3)C4C(=O)O)n2)c1. The summed E-state index contributed by atoms with van der Waals surface area (Å²) in [6.07, 6.45) is 1.94. The summed E-state index contributed by atoms with van der Waals surface area (Å²) in [5, 5.41) is 22.5. The van der Waals surface area contributed by atoms with Crippen LogP contribution in [0.1, 0.15) is 35.1 Å². The van der Waals surface area contributed by atoms with Crippen molar-refractivity contribution in [2.75, 3.05) is 42.6 Å². The van der Waals surface area contributed by atoms with Crippen molar-refractivity contribution in [3.8, 4) is 23.1 Å². The number of rotatable bonds is 8. The molecule has 2 saturated heterocycles. The quantitative estimate of drug-likeness (QED) is 0.403. The highest BCUT2D eigenvalue weighted by Crippen LogP contribution is 2.44. The molecule has 214 valence electrons. The number of hydrogen-bond donors (Lipinski definition) is 1. The van der Waals surface area contributed by atoms with Gasteiger partial charge < -0.3 is 14.7 Å². The number of nitrogens with zero attached hydrogens (tertiary/aromatic N) is 4. The van der Waals surface area contributed by atoms with E-state index in [1.165, 1.54) is 0 Å². The maximum atomic E-state index is 11.8. The van der Waals surface area contributed by atoms with Crippen LogP contribution in [0.2, 0.25) is 0 Å². The van der Waals surface area contributed by atoms with Crippen LogP contribution in [0.15, 0.2) is 41.8 Å². The second-order valence-corrected chi connectivity index (χ2v) is 13.9. The van der Waals surface area contributed by atoms with Gasteiger partial charge in [0.05, 0.1) is 23.2 Å². The highest BCUT2D eigenvalue weighted by Gasteiger charge is 2.46. The number of hydrogen-bond acceptors (Lipinski definition) is 8. The molecule has 6 rings (SSSR count). The molecule has 41 heavy (non-hydrogen) atoms. The van der Waals surface area contributed by atoms with Gasteiger partial charge in [-0.15, -0.1) is 11.3 Å². The van der Waals surface area contributed by atoms with Gasteiger partial charge in [-0.1, -0.05) is 23.8 Å². The summed E-state index contributed by atoms with van der Waals surface area (Å²) in [5.74, 6) is 1.61. The Morgan fingerprint density at radius 2 is 1.93 bits per heavy atom. The predicted octanol–water partition coefficient (Wildman–Crippen LogP) is 4.68. The van der Waals surface area contributed by atoms with Crippen molar-refractivity contribution in [1.82, 2.24) is 9.88 Å². The molecule has 0 spiro atoms. The van der Waals surface area contributed by atoms with Crippen molar-refractivity contribution in [1.29, 1.82) is 5.26 Å². The van der Waals surface area contributed by atoms with Crippen LogP contribution in [-0.2, 0) is 28.7 Å². The van der Waals surface area contributed by atoms with Gasteiger partial charge in [0, 0.05) is 71.5 Å². The van der Waals surface area contributed by atoms with Crippen molar-refractivity contribution in [2.24, 2.45) is 17.8 Å². The number of carboxylic acid groups (broad SMARTS) is 1. The minimum absolute atomic E-state index is 0.183. The third kappa shape index (κ3) is 6.03. The molecule has 3 aliphatic rings. The first kappa shape index (κ1) is 27.9. The zero-order chi connectivity index (χ0) is 28.5. The van der Waals surface area contributed by atoms with Crippen LogP contribution in [-0.4, -0.2) is 62.9 Å².